The first-order valence-corrected chi connectivity index (χ1v) is 6.82. The second-order valence-electron chi connectivity index (χ2n) is 5.95. The second-order valence-corrected chi connectivity index (χ2v) is 5.95. The van der Waals surface area contributed by atoms with Crippen molar-refractivity contribution >= 4 is 12.0 Å². The molecule has 6 nitrogen and oxygen atoms in total. The van der Waals surface area contributed by atoms with E-state index in [-0.39, 0.29) is 38.6 Å². The van der Waals surface area contributed by atoms with Crippen molar-refractivity contribution in [3.8, 4) is 0 Å². The third kappa shape index (κ3) is 4.63. The predicted octanol–water partition coefficient (Wildman–Crippen LogP) is 2.00. The van der Waals surface area contributed by atoms with Crippen LogP contribution >= 0.6 is 0 Å². The van der Waals surface area contributed by atoms with E-state index in [1.807, 2.05) is 13.3 Å². The van der Waals surface area contributed by atoms with Gasteiger partial charge in [0.1, 0.15) is 5.60 Å². The Morgan fingerprint density at radius 1 is 1.38 bits per heavy atom. The summed E-state index contributed by atoms with van der Waals surface area (Å²) in [4.78, 5) is 31.3. The fourth-order valence-electron chi connectivity index (χ4n) is 2.35. The Bertz CT molecular complexity index is 384. The van der Waals surface area contributed by atoms with Crippen LogP contribution in [0.1, 0.15) is 40.5 Å². The number of likely N-dealkylation sites (tertiary alicyclic amines) is 1. The molecule has 0 aliphatic carbocycles. The maximum absolute atomic E-state index is 12.5. The van der Waals surface area contributed by atoms with Gasteiger partial charge in [0, 0.05) is 39.8 Å². The summed E-state index contributed by atoms with van der Waals surface area (Å²) in [5.41, 5.74) is -1.50. The van der Waals surface area contributed by atoms with E-state index in [0.717, 1.165) is 0 Å². The van der Waals surface area contributed by atoms with Crippen molar-refractivity contribution in [2.45, 2.75) is 51.7 Å². The summed E-state index contributed by atoms with van der Waals surface area (Å²) in [5.74, 6) is -0.234. The first-order chi connectivity index (χ1) is 9.18. The van der Waals surface area contributed by atoms with E-state index in [9.17, 15) is 9.59 Å². The van der Waals surface area contributed by atoms with Crippen molar-refractivity contribution in [2.24, 2.45) is 0 Å². The molecule has 0 spiro atoms. The first-order valence-electron chi connectivity index (χ1n) is 6.82. The Kier molecular flexibility index (Phi) is 7.81. The molecule has 0 aromatic heterocycles. The fourth-order valence-corrected chi connectivity index (χ4v) is 2.35. The zero-order valence-electron chi connectivity index (χ0n) is 13.8. The number of hydroxylamine groups is 2. The van der Waals surface area contributed by atoms with Crippen molar-refractivity contribution in [3.05, 3.63) is 6.42 Å². The van der Waals surface area contributed by atoms with E-state index in [1.54, 1.807) is 27.8 Å². The molecule has 0 aromatic rings. The van der Waals surface area contributed by atoms with Crippen LogP contribution in [-0.2, 0) is 47.1 Å². The average Bonchev–Trinajstić information content (AvgIpc) is 2.79. The number of carbonyl (C=O) groups excluding carboxylic acids is 2. The van der Waals surface area contributed by atoms with Gasteiger partial charge in [0.05, 0.1) is 12.6 Å². The minimum atomic E-state index is -0.910. The molecular weight excluding hydrogens is 349 g/mol. The third-order valence-electron chi connectivity index (χ3n) is 3.47. The van der Waals surface area contributed by atoms with Gasteiger partial charge in [0.15, 0.2) is 0 Å². The van der Waals surface area contributed by atoms with Crippen LogP contribution in [0.2, 0.25) is 0 Å². The van der Waals surface area contributed by atoms with E-state index in [2.05, 4.69) is 0 Å². The number of ether oxygens (including phenoxy) is 1. The molecule has 0 bridgehead atoms. The fraction of sp³-hybridized carbons (Fsp3) is 0.786. The Morgan fingerprint density at radius 2 is 1.95 bits per heavy atom. The van der Waals surface area contributed by atoms with Gasteiger partial charge in [-0.3, -0.25) is 9.63 Å². The molecular formula is C14H25N2O4Y-. The Labute approximate surface area is 152 Å². The molecule has 2 amide bonds. The molecule has 0 N–H and O–H groups in total. The summed E-state index contributed by atoms with van der Waals surface area (Å²) in [7, 11) is 2.98. The van der Waals surface area contributed by atoms with Crippen LogP contribution in [0.3, 0.4) is 0 Å². The molecule has 1 atom stereocenters. The standard InChI is InChI=1S/C14H25N2O4.Y/c1-7-14(11(17)15(5)19-6)9-8-10-16(14)12(18)20-13(2,3)4;/h8H,7,9-10H2,1-6H3;/q-1;. The summed E-state index contributed by atoms with van der Waals surface area (Å²) in [5, 5.41) is 1.17. The summed E-state index contributed by atoms with van der Waals surface area (Å²) >= 11 is 0. The Balaban J connectivity index is 0.00000400. The molecule has 119 valence electrons. The quantitative estimate of drug-likeness (QED) is 0.560. The van der Waals surface area contributed by atoms with Crippen LogP contribution in [0, 0.1) is 6.42 Å². The van der Waals surface area contributed by atoms with Gasteiger partial charge >= 0.3 is 6.09 Å². The number of likely N-dealkylation sites (N-methyl/N-ethyl adjacent to an activating group) is 1. The monoisotopic (exact) mass is 374 g/mol. The number of amides is 2. The van der Waals surface area contributed by atoms with Crippen molar-refractivity contribution < 1.29 is 51.9 Å². The first kappa shape index (κ1) is 20.8. The molecule has 0 aromatic carbocycles. The van der Waals surface area contributed by atoms with Gasteiger partial charge in [-0.05, 0) is 27.2 Å². The van der Waals surface area contributed by atoms with Crippen LogP contribution in [0.25, 0.3) is 0 Å². The predicted molar refractivity (Wildman–Crippen MR) is 74.7 cm³/mol. The largest absolute Gasteiger partial charge is 0.444 e. The molecule has 7 heteroatoms. The van der Waals surface area contributed by atoms with Crippen molar-refractivity contribution in [1.82, 2.24) is 9.96 Å². The summed E-state index contributed by atoms with van der Waals surface area (Å²) in [6, 6.07) is 0. The van der Waals surface area contributed by atoms with Crippen LogP contribution in [0.15, 0.2) is 0 Å². The van der Waals surface area contributed by atoms with Gasteiger partial charge in [-0.25, -0.2) is 9.86 Å². The second kappa shape index (κ2) is 7.88. The molecule has 1 aliphatic rings. The zero-order valence-corrected chi connectivity index (χ0v) is 16.6. The topological polar surface area (TPSA) is 59.1 Å². The van der Waals surface area contributed by atoms with Crippen LogP contribution in [0.5, 0.6) is 0 Å². The molecule has 1 radical (unpaired) electrons. The molecule has 1 heterocycles. The Hall–Kier alpha value is -0.196. The molecule has 1 fully saturated rings. The van der Waals surface area contributed by atoms with Gasteiger partial charge in [-0.2, -0.15) is 0 Å². The minimum absolute atomic E-state index is 0. The molecule has 0 saturated carbocycles. The SMILES string of the molecule is CCC1(C(=O)N(C)OC)C[CH-]CN1C(=O)OC(C)(C)C.[Y]. The van der Waals surface area contributed by atoms with E-state index in [0.29, 0.717) is 19.4 Å². The third-order valence-corrected chi connectivity index (χ3v) is 3.47. The molecule has 1 unspecified atom stereocenters. The number of nitrogens with zero attached hydrogens (tertiary/aromatic N) is 2. The van der Waals surface area contributed by atoms with Gasteiger partial charge in [-0.15, -0.1) is 6.42 Å². The number of carbonyl (C=O) groups is 2. The molecule has 1 rings (SSSR count). The normalized spacial score (nSPS) is 21.7. The van der Waals surface area contributed by atoms with Gasteiger partial charge in [0.2, 0.25) is 0 Å². The smallest absolute Gasteiger partial charge is 0.408 e. The maximum atomic E-state index is 12.5. The Morgan fingerprint density at radius 3 is 2.38 bits per heavy atom. The zero-order chi connectivity index (χ0) is 15.6. The average molecular weight is 374 g/mol. The minimum Gasteiger partial charge on any atom is -0.444 e. The van der Waals surface area contributed by atoms with Crippen LogP contribution in [-0.4, -0.2) is 53.8 Å². The van der Waals surface area contributed by atoms with E-state index in [1.165, 1.54) is 17.1 Å². The number of rotatable bonds is 3. The van der Waals surface area contributed by atoms with Crippen LogP contribution in [0.4, 0.5) is 4.79 Å². The van der Waals surface area contributed by atoms with Gasteiger partial charge < -0.3 is 16.1 Å². The maximum Gasteiger partial charge on any atom is 0.408 e. The molecule has 21 heavy (non-hydrogen) atoms. The molecule has 1 saturated heterocycles. The van der Waals surface area contributed by atoms with Crippen molar-refractivity contribution in [1.29, 1.82) is 0 Å². The summed E-state index contributed by atoms with van der Waals surface area (Å²) < 4.78 is 5.40. The van der Waals surface area contributed by atoms with E-state index >= 15 is 0 Å². The van der Waals surface area contributed by atoms with Crippen molar-refractivity contribution in [3.63, 3.8) is 0 Å². The van der Waals surface area contributed by atoms with Crippen LogP contribution < -0.4 is 0 Å². The van der Waals surface area contributed by atoms with Crippen molar-refractivity contribution in [2.75, 3.05) is 20.7 Å². The molecule has 1 aliphatic heterocycles. The summed E-state index contributed by atoms with van der Waals surface area (Å²) in [6.07, 6.45) is 2.48. The van der Waals surface area contributed by atoms with Gasteiger partial charge in [0.25, 0.3) is 5.91 Å². The van der Waals surface area contributed by atoms with Gasteiger partial charge in [-0.1, -0.05) is 13.5 Å². The van der Waals surface area contributed by atoms with E-state index in [4.69, 9.17) is 9.57 Å². The van der Waals surface area contributed by atoms with E-state index < -0.39 is 17.2 Å². The number of hydrogen-bond acceptors (Lipinski definition) is 4. The number of hydrogen-bond donors (Lipinski definition) is 0. The summed E-state index contributed by atoms with van der Waals surface area (Å²) in [6.45, 7) is 7.72.